The lowest BCUT2D eigenvalue weighted by molar-refractivity contribution is 0.102. The molecule has 1 aliphatic heterocycles. The second kappa shape index (κ2) is 8.14. The van der Waals surface area contributed by atoms with Crippen LogP contribution in [0.2, 0.25) is 0 Å². The molecule has 0 fully saturated rings. The van der Waals surface area contributed by atoms with Crippen molar-refractivity contribution >= 4 is 17.5 Å². The number of ether oxygens (including phenoxy) is 2. The van der Waals surface area contributed by atoms with Crippen molar-refractivity contribution in [2.45, 2.75) is 46.3 Å². The van der Waals surface area contributed by atoms with Crippen LogP contribution in [0.1, 0.15) is 44.3 Å². The second-order valence-corrected chi connectivity index (χ2v) is 8.51. The largest absolute Gasteiger partial charge is 0.454 e. The number of aromatic nitrogens is 3. The van der Waals surface area contributed by atoms with Crippen molar-refractivity contribution in [3.8, 4) is 11.5 Å². The van der Waals surface area contributed by atoms with Gasteiger partial charge in [0, 0.05) is 34.9 Å². The molecule has 0 atom stereocenters. The zero-order valence-corrected chi connectivity index (χ0v) is 18.7. The summed E-state index contributed by atoms with van der Waals surface area (Å²) in [4.78, 5) is 21.9. The van der Waals surface area contributed by atoms with E-state index in [0.29, 0.717) is 17.5 Å². The van der Waals surface area contributed by atoms with Crippen LogP contribution in [0.3, 0.4) is 0 Å². The van der Waals surface area contributed by atoms with Gasteiger partial charge in [-0.05, 0) is 63.9 Å². The van der Waals surface area contributed by atoms with Gasteiger partial charge in [0.1, 0.15) is 0 Å². The van der Waals surface area contributed by atoms with E-state index in [1.807, 2.05) is 58.9 Å². The Bertz CT molecular complexity index is 1110. The first-order valence-corrected chi connectivity index (χ1v) is 10.8. The van der Waals surface area contributed by atoms with Crippen LogP contribution in [-0.4, -0.2) is 32.9 Å². The molecule has 7 heteroatoms. The van der Waals surface area contributed by atoms with Crippen molar-refractivity contribution in [3.63, 3.8) is 0 Å². The summed E-state index contributed by atoms with van der Waals surface area (Å²) in [6.45, 7) is 10.9. The quantitative estimate of drug-likeness (QED) is 0.329. The van der Waals surface area contributed by atoms with Crippen LogP contribution >= 0.6 is 11.8 Å². The average molecular weight is 424 g/mol. The number of ketones is 1. The molecule has 2 aromatic heterocycles. The van der Waals surface area contributed by atoms with Gasteiger partial charge in [0.25, 0.3) is 0 Å². The van der Waals surface area contributed by atoms with E-state index < -0.39 is 0 Å². The second-order valence-electron chi connectivity index (χ2n) is 7.57. The van der Waals surface area contributed by atoms with Gasteiger partial charge in [-0.2, -0.15) is 0 Å². The highest BCUT2D eigenvalue weighted by Gasteiger charge is 2.18. The number of benzene rings is 1. The van der Waals surface area contributed by atoms with E-state index in [4.69, 9.17) is 9.47 Å². The van der Waals surface area contributed by atoms with E-state index in [-0.39, 0.29) is 12.6 Å². The number of aryl methyl sites for hydroxylation is 3. The van der Waals surface area contributed by atoms with E-state index in [0.717, 1.165) is 51.0 Å². The minimum absolute atomic E-state index is 0.0875. The maximum Gasteiger partial charge on any atom is 0.231 e. The van der Waals surface area contributed by atoms with Crippen molar-refractivity contribution in [3.05, 3.63) is 63.7 Å². The minimum atomic E-state index is 0.0875. The number of Topliss-reactive ketones (excluding diaryl/α,β-unsaturated/α-hetero) is 1. The Hall–Kier alpha value is -2.80. The molecule has 3 heterocycles. The normalized spacial score (nSPS) is 12.4. The lowest BCUT2D eigenvalue weighted by Gasteiger charge is -2.11. The molecule has 0 N–H and O–H groups in total. The molecule has 0 radical (unpaired) electrons. The molecule has 156 valence electrons. The van der Waals surface area contributed by atoms with Gasteiger partial charge in [-0.25, -0.2) is 9.97 Å². The van der Waals surface area contributed by atoms with Gasteiger partial charge in [0.15, 0.2) is 22.4 Å². The third-order valence-corrected chi connectivity index (χ3v) is 6.44. The minimum Gasteiger partial charge on any atom is -0.454 e. The topological polar surface area (TPSA) is 66.2 Å². The van der Waals surface area contributed by atoms with Crippen molar-refractivity contribution in [2.24, 2.45) is 0 Å². The number of carbonyl (C=O) groups excluding carboxylic acids is 1. The SMILES string of the molecule is Cc1nc(SCC(=O)c2cc(C)n(Cc3ccc4c(c3)OCO4)c2C)nc(C)c1C. The van der Waals surface area contributed by atoms with Gasteiger partial charge in [0.2, 0.25) is 6.79 Å². The third kappa shape index (κ3) is 3.94. The summed E-state index contributed by atoms with van der Waals surface area (Å²) in [5.74, 6) is 1.95. The summed E-state index contributed by atoms with van der Waals surface area (Å²) in [6, 6.07) is 7.93. The molecule has 0 aliphatic carbocycles. The number of thioether (sulfide) groups is 1. The summed E-state index contributed by atoms with van der Waals surface area (Å²) in [5, 5.41) is 0.651. The van der Waals surface area contributed by atoms with Gasteiger partial charge in [0.05, 0.1) is 5.75 Å². The Morgan fingerprint density at radius 2 is 1.73 bits per heavy atom. The first kappa shape index (κ1) is 20.5. The molecule has 1 aliphatic rings. The Morgan fingerprint density at radius 1 is 1.03 bits per heavy atom. The van der Waals surface area contributed by atoms with E-state index in [1.54, 1.807) is 0 Å². The molecule has 6 nitrogen and oxygen atoms in total. The number of fused-ring (bicyclic) bond motifs is 1. The van der Waals surface area contributed by atoms with E-state index in [2.05, 4.69) is 14.5 Å². The number of hydrogen-bond acceptors (Lipinski definition) is 6. The molecular weight excluding hydrogens is 398 g/mol. The maximum absolute atomic E-state index is 12.9. The molecule has 0 bridgehead atoms. The smallest absolute Gasteiger partial charge is 0.231 e. The molecule has 0 saturated heterocycles. The summed E-state index contributed by atoms with van der Waals surface area (Å²) in [6.07, 6.45) is 0. The van der Waals surface area contributed by atoms with Crippen molar-refractivity contribution in [1.82, 2.24) is 14.5 Å². The Morgan fingerprint density at radius 3 is 2.47 bits per heavy atom. The zero-order valence-electron chi connectivity index (χ0n) is 17.9. The fourth-order valence-corrected chi connectivity index (χ4v) is 4.38. The summed E-state index contributed by atoms with van der Waals surface area (Å²) < 4.78 is 13.0. The standard InChI is InChI=1S/C23H25N3O3S/c1-13-8-19(20(27)11-30-23-24-15(3)14(2)16(4)25-23)17(5)26(13)10-18-6-7-21-22(9-18)29-12-28-21/h6-9H,10-12H2,1-5H3. The number of hydrogen-bond donors (Lipinski definition) is 0. The monoisotopic (exact) mass is 423 g/mol. The average Bonchev–Trinajstić information content (AvgIpc) is 3.29. The first-order chi connectivity index (χ1) is 14.3. The van der Waals surface area contributed by atoms with E-state index in [9.17, 15) is 4.79 Å². The molecule has 1 aromatic carbocycles. The van der Waals surface area contributed by atoms with Crippen LogP contribution < -0.4 is 9.47 Å². The van der Waals surface area contributed by atoms with Crippen molar-refractivity contribution in [1.29, 1.82) is 0 Å². The van der Waals surface area contributed by atoms with Crippen LogP contribution in [0.5, 0.6) is 11.5 Å². The maximum atomic E-state index is 12.9. The highest BCUT2D eigenvalue weighted by Crippen LogP contribution is 2.33. The molecule has 0 amide bonds. The number of rotatable bonds is 6. The fraction of sp³-hybridized carbons (Fsp3) is 0.348. The predicted octanol–water partition coefficient (Wildman–Crippen LogP) is 4.57. The van der Waals surface area contributed by atoms with Crippen molar-refractivity contribution in [2.75, 3.05) is 12.5 Å². The molecule has 3 aromatic rings. The number of nitrogens with zero attached hydrogens (tertiary/aromatic N) is 3. The van der Waals surface area contributed by atoms with E-state index >= 15 is 0 Å². The van der Waals surface area contributed by atoms with Gasteiger partial charge in [-0.15, -0.1) is 0 Å². The highest BCUT2D eigenvalue weighted by atomic mass is 32.2. The van der Waals surface area contributed by atoms with Crippen molar-refractivity contribution < 1.29 is 14.3 Å². The molecular formula is C23H25N3O3S. The lowest BCUT2D eigenvalue weighted by atomic mass is 10.1. The Kier molecular flexibility index (Phi) is 5.56. The Balaban J connectivity index is 1.49. The first-order valence-electron chi connectivity index (χ1n) is 9.86. The summed E-state index contributed by atoms with van der Waals surface area (Å²) >= 11 is 1.39. The molecule has 0 saturated carbocycles. The molecule has 0 unspecified atom stereocenters. The highest BCUT2D eigenvalue weighted by molar-refractivity contribution is 7.99. The van der Waals surface area contributed by atoms with Gasteiger partial charge in [-0.3, -0.25) is 4.79 Å². The lowest BCUT2D eigenvalue weighted by Crippen LogP contribution is -2.08. The number of carbonyl (C=O) groups is 1. The molecule has 30 heavy (non-hydrogen) atoms. The van der Waals surface area contributed by atoms with Crippen LogP contribution in [0, 0.1) is 34.6 Å². The van der Waals surface area contributed by atoms with Gasteiger partial charge in [-0.1, -0.05) is 17.8 Å². The van der Waals surface area contributed by atoms with Gasteiger partial charge < -0.3 is 14.0 Å². The summed E-state index contributed by atoms with van der Waals surface area (Å²) in [5.41, 5.74) is 6.89. The molecule has 0 spiro atoms. The summed E-state index contributed by atoms with van der Waals surface area (Å²) in [7, 11) is 0. The fourth-order valence-electron chi connectivity index (χ4n) is 3.56. The third-order valence-electron chi connectivity index (χ3n) is 5.60. The van der Waals surface area contributed by atoms with Crippen LogP contribution in [0.4, 0.5) is 0 Å². The predicted molar refractivity (Wildman–Crippen MR) is 117 cm³/mol. The van der Waals surface area contributed by atoms with E-state index in [1.165, 1.54) is 11.8 Å². The van der Waals surface area contributed by atoms with Crippen LogP contribution in [-0.2, 0) is 6.54 Å². The Labute approximate surface area is 180 Å². The van der Waals surface area contributed by atoms with Crippen LogP contribution in [0.25, 0.3) is 0 Å². The van der Waals surface area contributed by atoms with Gasteiger partial charge >= 0.3 is 0 Å². The van der Waals surface area contributed by atoms with Crippen LogP contribution in [0.15, 0.2) is 29.4 Å². The zero-order chi connectivity index (χ0) is 21.4. The molecule has 4 rings (SSSR count).